The normalized spacial score (nSPS) is 10.3. The average molecular weight is 462 g/mol. The molecule has 3 aromatic rings. The molecule has 3 rings (SSSR count). The number of hydrogen-bond donors (Lipinski definition) is 1. The molecule has 0 fully saturated rings. The highest BCUT2D eigenvalue weighted by Crippen LogP contribution is 2.25. The molecule has 8 heteroatoms. The summed E-state index contributed by atoms with van der Waals surface area (Å²) in [7, 11) is 0. The summed E-state index contributed by atoms with van der Waals surface area (Å²) in [6, 6.07) is 17.4. The molecule has 0 saturated carbocycles. The second-order valence-electron chi connectivity index (χ2n) is 7.54. The van der Waals surface area contributed by atoms with Gasteiger partial charge in [0.2, 0.25) is 5.91 Å². The van der Waals surface area contributed by atoms with Crippen LogP contribution in [0.4, 0.5) is 5.69 Å². The Labute approximate surface area is 198 Å². The molecule has 2 aromatic carbocycles. The third kappa shape index (κ3) is 6.90. The summed E-state index contributed by atoms with van der Waals surface area (Å²) in [5.41, 5.74) is 1.79. The fourth-order valence-corrected chi connectivity index (χ4v) is 3.19. The van der Waals surface area contributed by atoms with E-state index in [9.17, 15) is 14.4 Å². The van der Waals surface area contributed by atoms with Crippen molar-refractivity contribution in [3.05, 3.63) is 84.2 Å². The Kier molecular flexibility index (Phi) is 8.73. The van der Waals surface area contributed by atoms with E-state index in [-0.39, 0.29) is 23.8 Å². The van der Waals surface area contributed by atoms with Crippen LogP contribution in [-0.4, -0.2) is 47.4 Å². The van der Waals surface area contributed by atoms with Gasteiger partial charge in [0.15, 0.2) is 6.61 Å². The Hall–Kier alpha value is -4.20. The number of nitrogens with zero attached hydrogens (tertiary/aromatic N) is 2. The van der Waals surface area contributed by atoms with Crippen molar-refractivity contribution in [1.29, 1.82) is 0 Å². The maximum Gasteiger partial charge on any atom is 0.342 e. The van der Waals surface area contributed by atoms with Crippen LogP contribution in [0.3, 0.4) is 0 Å². The van der Waals surface area contributed by atoms with Gasteiger partial charge in [0, 0.05) is 18.4 Å². The molecule has 1 heterocycles. The van der Waals surface area contributed by atoms with Gasteiger partial charge >= 0.3 is 5.97 Å². The van der Waals surface area contributed by atoms with E-state index < -0.39 is 18.5 Å². The zero-order chi connectivity index (χ0) is 24.3. The number of ether oxygens (including phenoxy) is 2. The molecule has 0 bridgehead atoms. The van der Waals surface area contributed by atoms with Crippen LogP contribution >= 0.6 is 0 Å². The highest BCUT2D eigenvalue weighted by molar-refractivity contribution is 5.96. The van der Waals surface area contributed by atoms with Gasteiger partial charge in [-0.3, -0.25) is 14.6 Å². The second kappa shape index (κ2) is 12.2. The first kappa shape index (κ1) is 24.4. The predicted octanol–water partition coefficient (Wildman–Crippen LogP) is 4.22. The highest BCUT2D eigenvalue weighted by atomic mass is 16.5. The number of amides is 2. The van der Waals surface area contributed by atoms with Gasteiger partial charge in [-0.25, -0.2) is 4.79 Å². The lowest BCUT2D eigenvalue weighted by molar-refractivity contribution is -0.137. The van der Waals surface area contributed by atoms with Crippen molar-refractivity contribution >= 4 is 23.5 Å². The molecule has 34 heavy (non-hydrogen) atoms. The number of carbonyl (C=O) groups excluding carboxylic acids is 3. The van der Waals surface area contributed by atoms with Gasteiger partial charge in [-0.15, -0.1) is 0 Å². The molecule has 1 N–H and O–H groups in total. The van der Waals surface area contributed by atoms with Gasteiger partial charge in [0.1, 0.15) is 17.1 Å². The minimum Gasteiger partial charge on any atom is -0.455 e. The monoisotopic (exact) mass is 461 g/mol. The molecule has 0 aliphatic carbocycles. The summed E-state index contributed by atoms with van der Waals surface area (Å²) < 4.78 is 11.0. The van der Waals surface area contributed by atoms with Crippen molar-refractivity contribution in [2.24, 2.45) is 0 Å². The van der Waals surface area contributed by atoms with Crippen molar-refractivity contribution in [3.63, 3.8) is 0 Å². The molecule has 0 aliphatic rings. The van der Waals surface area contributed by atoms with Crippen LogP contribution in [0.5, 0.6) is 11.5 Å². The smallest absolute Gasteiger partial charge is 0.342 e. The topological polar surface area (TPSA) is 97.8 Å². The van der Waals surface area contributed by atoms with E-state index in [0.717, 1.165) is 5.56 Å². The molecule has 176 valence electrons. The van der Waals surface area contributed by atoms with Gasteiger partial charge in [0.25, 0.3) is 5.91 Å². The second-order valence-corrected chi connectivity index (χ2v) is 7.54. The first-order valence-electron chi connectivity index (χ1n) is 10.9. The van der Waals surface area contributed by atoms with Gasteiger partial charge < -0.3 is 19.7 Å². The molecule has 2 amide bonds. The number of esters is 1. The number of para-hydroxylation sites is 2. The van der Waals surface area contributed by atoms with Crippen LogP contribution in [0.1, 0.15) is 29.3 Å². The first-order chi connectivity index (χ1) is 16.5. The van der Waals surface area contributed by atoms with E-state index >= 15 is 0 Å². The summed E-state index contributed by atoms with van der Waals surface area (Å²) in [5, 5.41) is 2.81. The van der Waals surface area contributed by atoms with Crippen LogP contribution in [0.25, 0.3) is 0 Å². The molecular formula is C26H27N3O5. The van der Waals surface area contributed by atoms with Crippen LogP contribution in [-0.2, 0) is 14.3 Å². The summed E-state index contributed by atoms with van der Waals surface area (Å²) in [6.45, 7) is 3.52. The quantitative estimate of drug-likeness (QED) is 0.454. The van der Waals surface area contributed by atoms with Crippen molar-refractivity contribution in [1.82, 2.24) is 9.88 Å². The van der Waals surface area contributed by atoms with E-state index in [1.807, 2.05) is 32.0 Å². The molecule has 0 saturated heterocycles. The van der Waals surface area contributed by atoms with Crippen molar-refractivity contribution in [2.75, 3.05) is 25.0 Å². The lowest BCUT2D eigenvalue weighted by Crippen LogP contribution is -2.40. The Bertz CT molecular complexity index is 1130. The fraction of sp³-hybridized carbons (Fsp3) is 0.231. The molecule has 0 unspecified atom stereocenters. The Morgan fingerprint density at radius 2 is 1.76 bits per heavy atom. The standard InChI is InChI=1S/C26H27N3O5/c1-3-15-29(17-24(30)28-22-12-6-4-9-19(22)2)25(31)18-33-26(32)21-11-5-7-13-23(21)34-20-10-8-14-27-16-20/h4-14,16H,3,15,17-18H2,1-2H3,(H,28,30). The van der Waals surface area contributed by atoms with E-state index in [1.54, 1.807) is 48.7 Å². The minimum atomic E-state index is -0.700. The largest absolute Gasteiger partial charge is 0.455 e. The third-order valence-electron chi connectivity index (χ3n) is 4.90. The zero-order valence-corrected chi connectivity index (χ0v) is 19.2. The molecule has 0 spiro atoms. The van der Waals surface area contributed by atoms with E-state index in [1.165, 1.54) is 11.1 Å². The summed E-state index contributed by atoms with van der Waals surface area (Å²) in [6.07, 6.45) is 3.79. The Morgan fingerprint density at radius 3 is 2.50 bits per heavy atom. The van der Waals surface area contributed by atoms with Gasteiger partial charge in [-0.2, -0.15) is 0 Å². The van der Waals surface area contributed by atoms with Crippen LogP contribution in [0, 0.1) is 6.92 Å². The van der Waals surface area contributed by atoms with Crippen LogP contribution < -0.4 is 10.1 Å². The zero-order valence-electron chi connectivity index (χ0n) is 19.2. The van der Waals surface area contributed by atoms with Crippen LogP contribution in [0.15, 0.2) is 73.1 Å². The average Bonchev–Trinajstić information content (AvgIpc) is 2.84. The summed E-state index contributed by atoms with van der Waals surface area (Å²) in [4.78, 5) is 43.3. The number of benzene rings is 2. The maximum atomic E-state index is 12.7. The Morgan fingerprint density at radius 1 is 1.00 bits per heavy atom. The number of nitrogens with one attached hydrogen (secondary N) is 1. The SMILES string of the molecule is CCCN(CC(=O)Nc1ccccc1C)C(=O)COC(=O)c1ccccc1Oc1cccnc1. The Balaban J connectivity index is 1.60. The summed E-state index contributed by atoms with van der Waals surface area (Å²) in [5.74, 6) is -0.726. The lowest BCUT2D eigenvalue weighted by atomic mass is 10.2. The molecular weight excluding hydrogens is 434 g/mol. The minimum absolute atomic E-state index is 0.140. The van der Waals surface area contributed by atoms with E-state index in [0.29, 0.717) is 24.4 Å². The van der Waals surface area contributed by atoms with Crippen molar-refractivity contribution < 1.29 is 23.9 Å². The van der Waals surface area contributed by atoms with Crippen LogP contribution in [0.2, 0.25) is 0 Å². The van der Waals surface area contributed by atoms with Gasteiger partial charge in [-0.1, -0.05) is 37.3 Å². The van der Waals surface area contributed by atoms with E-state index in [2.05, 4.69) is 10.3 Å². The number of aryl methyl sites for hydroxylation is 1. The van der Waals surface area contributed by atoms with Crippen molar-refractivity contribution in [3.8, 4) is 11.5 Å². The van der Waals surface area contributed by atoms with Gasteiger partial charge in [0.05, 0.1) is 12.7 Å². The number of carbonyl (C=O) groups is 3. The molecule has 0 aliphatic heterocycles. The molecule has 1 aromatic heterocycles. The fourth-order valence-electron chi connectivity index (χ4n) is 3.19. The van der Waals surface area contributed by atoms with Gasteiger partial charge in [-0.05, 0) is 49.2 Å². The molecule has 8 nitrogen and oxygen atoms in total. The number of hydrogen-bond acceptors (Lipinski definition) is 6. The predicted molar refractivity (Wildman–Crippen MR) is 128 cm³/mol. The first-order valence-corrected chi connectivity index (χ1v) is 10.9. The number of rotatable bonds is 10. The molecule has 0 radical (unpaired) electrons. The third-order valence-corrected chi connectivity index (χ3v) is 4.90. The van der Waals surface area contributed by atoms with E-state index in [4.69, 9.17) is 9.47 Å². The number of pyridine rings is 1. The summed E-state index contributed by atoms with van der Waals surface area (Å²) >= 11 is 0. The number of aromatic nitrogens is 1. The lowest BCUT2D eigenvalue weighted by Gasteiger charge is -2.22. The number of anilines is 1. The van der Waals surface area contributed by atoms with Crippen molar-refractivity contribution in [2.45, 2.75) is 20.3 Å². The molecule has 0 atom stereocenters. The maximum absolute atomic E-state index is 12.7. The highest BCUT2D eigenvalue weighted by Gasteiger charge is 2.21.